The molecule has 0 spiro atoms. The highest BCUT2D eigenvalue weighted by Crippen LogP contribution is 2.23. The molecule has 0 N–H and O–H groups in total. The number of carbonyl (C=O) groups is 1. The third-order valence-corrected chi connectivity index (χ3v) is 4.54. The molecule has 0 radical (unpaired) electrons. The number of fused-ring (bicyclic) bond motifs is 2. The van der Waals surface area contributed by atoms with Crippen molar-refractivity contribution in [1.29, 1.82) is 0 Å². The Morgan fingerprint density at radius 1 is 1.28 bits per heavy atom. The first-order chi connectivity index (χ1) is 12.3. The third-order valence-electron chi connectivity index (χ3n) is 4.54. The molecule has 128 valence electrons. The fourth-order valence-electron chi connectivity index (χ4n) is 3.27. The second-order valence-corrected chi connectivity index (χ2v) is 6.18. The molecule has 25 heavy (non-hydrogen) atoms. The molecule has 0 saturated carbocycles. The third kappa shape index (κ3) is 3.00. The summed E-state index contributed by atoms with van der Waals surface area (Å²) in [5, 5.41) is 1.03. The fourth-order valence-corrected chi connectivity index (χ4v) is 3.27. The minimum atomic E-state index is -0.0558. The van der Waals surface area contributed by atoms with E-state index in [4.69, 9.17) is 4.74 Å². The Morgan fingerprint density at radius 2 is 2.16 bits per heavy atom. The molecule has 1 amide bonds. The first-order valence-corrected chi connectivity index (χ1v) is 8.50. The van der Waals surface area contributed by atoms with Crippen LogP contribution in [0.4, 0.5) is 0 Å². The summed E-state index contributed by atoms with van der Waals surface area (Å²) >= 11 is 0. The summed E-state index contributed by atoms with van der Waals surface area (Å²) in [6.45, 7) is 4.32. The molecule has 0 bridgehead atoms. The summed E-state index contributed by atoms with van der Waals surface area (Å²) in [5.74, 6) is -0.0558. The number of para-hydroxylation sites is 1. The number of ether oxygens (including phenoxy) is 1. The van der Waals surface area contributed by atoms with Gasteiger partial charge in [0, 0.05) is 24.7 Å². The molecule has 2 aromatic heterocycles. The van der Waals surface area contributed by atoms with E-state index in [-0.39, 0.29) is 11.9 Å². The van der Waals surface area contributed by atoms with Crippen molar-refractivity contribution in [3.63, 3.8) is 0 Å². The average molecular weight is 336 g/mol. The molecule has 6 nitrogen and oxygen atoms in total. The number of benzene rings is 1. The van der Waals surface area contributed by atoms with Gasteiger partial charge in [0.25, 0.3) is 5.91 Å². The lowest BCUT2D eigenvalue weighted by Crippen LogP contribution is -2.42. The van der Waals surface area contributed by atoms with E-state index in [1.807, 2.05) is 54.7 Å². The van der Waals surface area contributed by atoms with Crippen molar-refractivity contribution in [2.24, 2.45) is 0 Å². The van der Waals surface area contributed by atoms with Crippen LogP contribution in [-0.4, -0.2) is 45.1 Å². The van der Waals surface area contributed by atoms with Crippen molar-refractivity contribution in [1.82, 2.24) is 19.4 Å². The predicted octanol–water partition coefficient (Wildman–Crippen LogP) is 2.66. The van der Waals surface area contributed by atoms with Crippen LogP contribution in [0.5, 0.6) is 0 Å². The quantitative estimate of drug-likeness (QED) is 0.735. The largest absolute Gasteiger partial charge is 0.380 e. The van der Waals surface area contributed by atoms with E-state index in [1.165, 1.54) is 0 Å². The minimum Gasteiger partial charge on any atom is -0.380 e. The molecule has 1 unspecified atom stereocenters. The van der Waals surface area contributed by atoms with Crippen LogP contribution in [0.3, 0.4) is 0 Å². The zero-order chi connectivity index (χ0) is 17.2. The molecule has 1 aliphatic heterocycles. The summed E-state index contributed by atoms with van der Waals surface area (Å²) in [6.07, 6.45) is 3.63. The molecular weight excluding hydrogens is 316 g/mol. The van der Waals surface area contributed by atoms with Gasteiger partial charge >= 0.3 is 0 Å². The summed E-state index contributed by atoms with van der Waals surface area (Å²) in [7, 11) is 0. The van der Waals surface area contributed by atoms with Crippen molar-refractivity contribution in [2.75, 3.05) is 19.8 Å². The van der Waals surface area contributed by atoms with Crippen LogP contribution in [0, 0.1) is 0 Å². The van der Waals surface area contributed by atoms with Gasteiger partial charge < -0.3 is 14.2 Å². The Balaban J connectivity index is 1.61. The Bertz CT molecular complexity index is 905. The highest BCUT2D eigenvalue weighted by atomic mass is 16.5. The highest BCUT2D eigenvalue weighted by molar-refractivity contribution is 5.95. The Kier molecular flexibility index (Phi) is 4.19. The lowest BCUT2D eigenvalue weighted by Gasteiger charge is -2.34. The van der Waals surface area contributed by atoms with Crippen molar-refractivity contribution in [3.8, 4) is 0 Å². The van der Waals surface area contributed by atoms with E-state index < -0.39 is 0 Å². The first kappa shape index (κ1) is 15.8. The number of rotatable bonds is 4. The molecular formula is C19H20N4O2. The van der Waals surface area contributed by atoms with Gasteiger partial charge in [0.2, 0.25) is 0 Å². The second-order valence-electron chi connectivity index (χ2n) is 6.18. The minimum absolute atomic E-state index is 0.0558. The lowest BCUT2D eigenvalue weighted by atomic mass is 10.1. The maximum atomic E-state index is 13.0. The first-order valence-electron chi connectivity index (χ1n) is 8.50. The maximum absolute atomic E-state index is 13.0. The smallest absolute Gasteiger partial charge is 0.272 e. The van der Waals surface area contributed by atoms with Gasteiger partial charge in [0.05, 0.1) is 36.7 Å². The van der Waals surface area contributed by atoms with Crippen LogP contribution in [0.25, 0.3) is 10.9 Å². The van der Waals surface area contributed by atoms with Crippen LogP contribution in [0.15, 0.2) is 48.9 Å². The van der Waals surface area contributed by atoms with Crippen molar-refractivity contribution in [3.05, 3.63) is 60.3 Å². The number of hydrogen-bond acceptors (Lipinski definition) is 4. The van der Waals surface area contributed by atoms with Crippen LogP contribution in [-0.2, 0) is 11.3 Å². The van der Waals surface area contributed by atoms with Gasteiger partial charge in [-0.05, 0) is 19.1 Å². The summed E-state index contributed by atoms with van der Waals surface area (Å²) in [5.41, 5.74) is 2.33. The van der Waals surface area contributed by atoms with Crippen molar-refractivity contribution < 1.29 is 9.53 Å². The van der Waals surface area contributed by atoms with Gasteiger partial charge in [-0.25, -0.2) is 9.97 Å². The van der Waals surface area contributed by atoms with Crippen molar-refractivity contribution in [2.45, 2.75) is 19.5 Å². The summed E-state index contributed by atoms with van der Waals surface area (Å²) < 4.78 is 7.69. The van der Waals surface area contributed by atoms with Crippen LogP contribution >= 0.6 is 0 Å². The second kappa shape index (κ2) is 6.64. The molecule has 1 aliphatic rings. The molecule has 0 fully saturated rings. The lowest BCUT2D eigenvalue weighted by molar-refractivity contribution is 0.0540. The van der Waals surface area contributed by atoms with Crippen LogP contribution in [0.2, 0.25) is 0 Å². The molecule has 1 atom stereocenters. The van der Waals surface area contributed by atoms with Crippen LogP contribution < -0.4 is 0 Å². The van der Waals surface area contributed by atoms with E-state index >= 15 is 0 Å². The summed E-state index contributed by atoms with van der Waals surface area (Å²) in [6, 6.07) is 11.6. The van der Waals surface area contributed by atoms with E-state index in [9.17, 15) is 4.79 Å². The normalized spacial score (nSPS) is 16.8. The van der Waals surface area contributed by atoms with E-state index in [0.29, 0.717) is 32.0 Å². The Hall–Kier alpha value is -2.73. The van der Waals surface area contributed by atoms with E-state index in [1.54, 1.807) is 6.07 Å². The van der Waals surface area contributed by atoms with Gasteiger partial charge in [-0.3, -0.25) is 4.79 Å². The number of carbonyl (C=O) groups excluding carboxylic acids is 1. The van der Waals surface area contributed by atoms with Crippen molar-refractivity contribution >= 4 is 16.8 Å². The van der Waals surface area contributed by atoms with Crippen LogP contribution in [0.1, 0.15) is 29.1 Å². The Labute approximate surface area is 146 Å². The van der Waals surface area contributed by atoms with Gasteiger partial charge in [-0.15, -0.1) is 0 Å². The molecule has 1 aromatic carbocycles. The Morgan fingerprint density at radius 3 is 3.04 bits per heavy atom. The molecule has 0 saturated heterocycles. The molecule has 3 heterocycles. The van der Waals surface area contributed by atoms with E-state index in [0.717, 1.165) is 16.6 Å². The van der Waals surface area contributed by atoms with E-state index in [2.05, 4.69) is 14.5 Å². The maximum Gasteiger partial charge on any atom is 0.272 e. The number of nitrogens with zero attached hydrogens (tertiary/aromatic N) is 4. The number of aromatic nitrogens is 3. The zero-order valence-corrected chi connectivity index (χ0v) is 14.1. The number of imidazole rings is 1. The number of pyridine rings is 1. The molecule has 6 heteroatoms. The standard InChI is InChI=1S/C19H20N4O2/c1-2-25-12-16-11-22(10-15-9-20-13-23(15)16)19(24)18-8-7-14-5-3-4-6-17(14)21-18/h3-9,13,16H,2,10-12H2,1H3. The van der Waals surface area contributed by atoms with Gasteiger partial charge in [0.15, 0.2) is 0 Å². The summed E-state index contributed by atoms with van der Waals surface area (Å²) in [4.78, 5) is 23.6. The fraction of sp³-hybridized carbons (Fsp3) is 0.316. The topological polar surface area (TPSA) is 60.2 Å². The highest BCUT2D eigenvalue weighted by Gasteiger charge is 2.29. The monoisotopic (exact) mass is 336 g/mol. The molecule has 0 aliphatic carbocycles. The number of hydrogen-bond donors (Lipinski definition) is 0. The van der Waals surface area contributed by atoms with Gasteiger partial charge in [-0.1, -0.05) is 24.3 Å². The van der Waals surface area contributed by atoms with Gasteiger partial charge in [-0.2, -0.15) is 0 Å². The number of amides is 1. The molecule has 3 aromatic rings. The predicted molar refractivity (Wildman–Crippen MR) is 94.2 cm³/mol. The van der Waals surface area contributed by atoms with Gasteiger partial charge in [0.1, 0.15) is 5.69 Å². The SMILES string of the molecule is CCOCC1CN(C(=O)c2ccc3ccccc3n2)Cc2cncn21. The average Bonchev–Trinajstić information content (AvgIpc) is 3.13. The zero-order valence-electron chi connectivity index (χ0n) is 14.1. The molecule has 4 rings (SSSR count).